The topological polar surface area (TPSA) is 89.5 Å². The van der Waals surface area contributed by atoms with Crippen molar-refractivity contribution in [1.82, 2.24) is 25.3 Å². The highest BCUT2D eigenvalue weighted by molar-refractivity contribution is 14.0. The Bertz CT molecular complexity index is 792. The molecule has 0 radical (unpaired) electrons. The second-order valence-corrected chi connectivity index (χ2v) is 8.02. The lowest BCUT2D eigenvalue weighted by atomic mass is 10.1. The van der Waals surface area contributed by atoms with E-state index >= 15 is 0 Å². The van der Waals surface area contributed by atoms with Crippen LogP contribution in [0.3, 0.4) is 0 Å². The first-order valence-electron chi connectivity index (χ1n) is 11.5. The van der Waals surface area contributed by atoms with Gasteiger partial charge in [0.2, 0.25) is 5.91 Å². The van der Waals surface area contributed by atoms with Crippen LogP contribution in [0.5, 0.6) is 0 Å². The first-order chi connectivity index (χ1) is 15.6. The molecule has 10 heteroatoms. The van der Waals surface area contributed by atoms with Gasteiger partial charge in [-0.2, -0.15) is 0 Å². The van der Waals surface area contributed by atoms with Gasteiger partial charge in [-0.1, -0.05) is 12.1 Å². The molecule has 2 fully saturated rings. The Morgan fingerprint density at radius 2 is 1.79 bits per heavy atom. The fraction of sp³-hybridized carbons (Fsp3) is 0.609. The van der Waals surface area contributed by atoms with E-state index in [0.717, 1.165) is 50.7 Å². The molecular weight excluding hydrogens is 535 g/mol. The summed E-state index contributed by atoms with van der Waals surface area (Å²) in [5.41, 5.74) is 1.76. The molecule has 1 aromatic carbocycles. The Labute approximate surface area is 213 Å². The summed E-state index contributed by atoms with van der Waals surface area (Å²) in [5, 5.41) is 6.05. The molecule has 0 atom stereocenters. The summed E-state index contributed by atoms with van der Waals surface area (Å²) in [7, 11) is 1.64. The smallest absolute Gasteiger partial charge is 0.251 e. The van der Waals surface area contributed by atoms with Crippen molar-refractivity contribution in [1.29, 1.82) is 0 Å². The second kappa shape index (κ2) is 14.4. The molecule has 2 N–H and O–H groups in total. The van der Waals surface area contributed by atoms with Crippen LogP contribution in [0.2, 0.25) is 0 Å². The molecule has 33 heavy (non-hydrogen) atoms. The van der Waals surface area contributed by atoms with Gasteiger partial charge in [0.25, 0.3) is 5.91 Å². The quantitative estimate of drug-likeness (QED) is 0.284. The molecule has 1 aromatic rings. The number of ether oxygens (including phenoxy) is 1. The van der Waals surface area contributed by atoms with Crippen LogP contribution in [0.1, 0.15) is 22.8 Å². The molecule has 184 valence electrons. The number of amides is 2. The number of hydrogen-bond donors (Lipinski definition) is 2. The summed E-state index contributed by atoms with van der Waals surface area (Å²) >= 11 is 0. The Hall–Kier alpha value is -1.92. The van der Waals surface area contributed by atoms with E-state index in [0.29, 0.717) is 45.0 Å². The first kappa shape index (κ1) is 27.3. The van der Waals surface area contributed by atoms with Crippen LogP contribution >= 0.6 is 24.0 Å². The third kappa shape index (κ3) is 8.42. The van der Waals surface area contributed by atoms with Crippen LogP contribution in [0, 0.1) is 0 Å². The van der Waals surface area contributed by atoms with Gasteiger partial charge in [0.05, 0.1) is 19.8 Å². The number of nitrogens with one attached hydrogen (secondary N) is 2. The number of nitrogens with zero attached hydrogens (tertiary/aromatic N) is 4. The number of guanidine groups is 1. The molecule has 0 saturated carbocycles. The maximum absolute atomic E-state index is 12.5. The number of benzene rings is 1. The fourth-order valence-corrected chi connectivity index (χ4v) is 3.95. The van der Waals surface area contributed by atoms with Crippen molar-refractivity contribution >= 4 is 41.8 Å². The molecule has 2 aliphatic rings. The van der Waals surface area contributed by atoms with Crippen LogP contribution in [-0.4, -0.2) is 112 Å². The van der Waals surface area contributed by atoms with Gasteiger partial charge in [0.1, 0.15) is 0 Å². The van der Waals surface area contributed by atoms with Gasteiger partial charge < -0.3 is 25.2 Å². The normalized spacial score (nSPS) is 17.3. The number of halogens is 1. The molecule has 0 aromatic heterocycles. The largest absolute Gasteiger partial charge is 0.378 e. The standard InChI is InChI=1S/C23H36N6O3.HI/c1-3-25-23(26-8-7-19-5-4-6-20(17-19)22(31)24-2)29-11-9-27(10-12-29)18-21(30)28-13-15-32-16-14-28;/h4-6,17H,3,7-16,18H2,1-2H3,(H,24,31)(H,25,26);1H. The third-order valence-corrected chi connectivity index (χ3v) is 5.81. The molecule has 9 nitrogen and oxygen atoms in total. The van der Waals surface area contributed by atoms with Gasteiger partial charge in [-0.05, 0) is 31.0 Å². The second-order valence-electron chi connectivity index (χ2n) is 8.02. The number of aliphatic imine (C=N–C) groups is 1. The van der Waals surface area contributed by atoms with Crippen LogP contribution in [-0.2, 0) is 16.0 Å². The van der Waals surface area contributed by atoms with Crippen molar-refractivity contribution in [3.63, 3.8) is 0 Å². The van der Waals surface area contributed by atoms with Crippen molar-refractivity contribution < 1.29 is 14.3 Å². The van der Waals surface area contributed by atoms with E-state index < -0.39 is 0 Å². The lowest BCUT2D eigenvalue weighted by Gasteiger charge is -2.37. The zero-order valence-electron chi connectivity index (χ0n) is 19.7. The fourth-order valence-electron chi connectivity index (χ4n) is 3.95. The van der Waals surface area contributed by atoms with Crippen molar-refractivity contribution in [3.05, 3.63) is 35.4 Å². The van der Waals surface area contributed by atoms with E-state index in [1.54, 1.807) is 7.05 Å². The monoisotopic (exact) mass is 572 g/mol. The third-order valence-electron chi connectivity index (χ3n) is 5.81. The van der Waals surface area contributed by atoms with Crippen LogP contribution in [0.4, 0.5) is 0 Å². The maximum Gasteiger partial charge on any atom is 0.251 e. The molecule has 2 saturated heterocycles. The summed E-state index contributed by atoms with van der Waals surface area (Å²) < 4.78 is 5.33. The van der Waals surface area contributed by atoms with Gasteiger partial charge in [0.15, 0.2) is 5.96 Å². The Morgan fingerprint density at radius 1 is 1.06 bits per heavy atom. The van der Waals surface area contributed by atoms with Crippen LogP contribution in [0.25, 0.3) is 0 Å². The van der Waals surface area contributed by atoms with Crippen molar-refractivity contribution in [2.75, 3.05) is 79.2 Å². The Morgan fingerprint density at radius 3 is 2.45 bits per heavy atom. The van der Waals surface area contributed by atoms with Crippen molar-refractivity contribution in [2.45, 2.75) is 13.3 Å². The van der Waals surface area contributed by atoms with Crippen molar-refractivity contribution in [2.24, 2.45) is 4.99 Å². The number of morpholine rings is 1. The number of hydrogen-bond acceptors (Lipinski definition) is 5. The van der Waals surface area contributed by atoms with Gasteiger partial charge >= 0.3 is 0 Å². The van der Waals surface area contributed by atoms with Gasteiger partial charge in [0, 0.05) is 65.0 Å². The molecule has 0 aliphatic carbocycles. The average Bonchev–Trinajstić information content (AvgIpc) is 2.84. The number of piperazine rings is 1. The number of carbonyl (C=O) groups excluding carboxylic acids is 2. The highest BCUT2D eigenvalue weighted by Crippen LogP contribution is 2.08. The van der Waals surface area contributed by atoms with E-state index in [2.05, 4.69) is 27.4 Å². The summed E-state index contributed by atoms with van der Waals surface area (Å²) in [6.45, 7) is 10.0. The minimum absolute atomic E-state index is 0. The Kier molecular flexibility index (Phi) is 11.9. The van der Waals surface area contributed by atoms with E-state index in [1.165, 1.54) is 0 Å². The summed E-state index contributed by atoms with van der Waals surface area (Å²) in [6, 6.07) is 7.68. The van der Waals surface area contributed by atoms with E-state index in [9.17, 15) is 9.59 Å². The zero-order valence-corrected chi connectivity index (χ0v) is 22.0. The highest BCUT2D eigenvalue weighted by Gasteiger charge is 2.24. The molecule has 0 bridgehead atoms. The maximum atomic E-state index is 12.5. The number of carbonyl (C=O) groups is 2. The number of rotatable bonds is 7. The zero-order chi connectivity index (χ0) is 22.8. The van der Waals surface area contributed by atoms with Gasteiger partial charge in [-0.25, -0.2) is 0 Å². The molecule has 0 spiro atoms. The lowest BCUT2D eigenvalue weighted by molar-refractivity contribution is -0.136. The van der Waals surface area contributed by atoms with Crippen LogP contribution in [0.15, 0.2) is 29.3 Å². The SMILES string of the molecule is CCNC(=NCCc1cccc(C(=O)NC)c1)N1CCN(CC(=O)N2CCOCC2)CC1.I. The summed E-state index contributed by atoms with van der Waals surface area (Å²) in [6.07, 6.45) is 0.772. The Balaban J connectivity index is 0.00000385. The molecular formula is C23H37IN6O3. The minimum atomic E-state index is -0.0753. The van der Waals surface area contributed by atoms with E-state index in [1.807, 2.05) is 29.2 Å². The molecule has 0 unspecified atom stereocenters. The lowest BCUT2D eigenvalue weighted by Crippen LogP contribution is -2.55. The summed E-state index contributed by atoms with van der Waals surface area (Å²) in [5.74, 6) is 1.03. The predicted octanol–water partition coefficient (Wildman–Crippen LogP) is 0.649. The molecule has 2 aliphatic heterocycles. The van der Waals surface area contributed by atoms with E-state index in [-0.39, 0.29) is 35.8 Å². The molecule has 2 heterocycles. The van der Waals surface area contributed by atoms with Crippen molar-refractivity contribution in [3.8, 4) is 0 Å². The highest BCUT2D eigenvalue weighted by atomic mass is 127. The van der Waals surface area contributed by atoms with Crippen LogP contribution < -0.4 is 10.6 Å². The average molecular weight is 572 g/mol. The molecule has 3 rings (SSSR count). The van der Waals surface area contributed by atoms with Gasteiger partial charge in [-0.3, -0.25) is 19.5 Å². The minimum Gasteiger partial charge on any atom is -0.378 e. The molecule has 2 amide bonds. The summed E-state index contributed by atoms with van der Waals surface area (Å²) in [4.78, 5) is 35.5. The first-order valence-corrected chi connectivity index (χ1v) is 11.5. The van der Waals surface area contributed by atoms with E-state index in [4.69, 9.17) is 9.73 Å². The van der Waals surface area contributed by atoms with Gasteiger partial charge in [-0.15, -0.1) is 24.0 Å². The predicted molar refractivity (Wildman–Crippen MR) is 140 cm³/mol.